The van der Waals surface area contributed by atoms with Crippen LogP contribution in [0.15, 0.2) is 65.6 Å². The van der Waals surface area contributed by atoms with Crippen molar-refractivity contribution in [3.8, 4) is 0 Å². The lowest BCUT2D eigenvalue weighted by Gasteiger charge is -2.43. The summed E-state index contributed by atoms with van der Waals surface area (Å²) in [6.45, 7) is 3.09. The van der Waals surface area contributed by atoms with Crippen LogP contribution in [0, 0.1) is 0 Å². The summed E-state index contributed by atoms with van der Waals surface area (Å²) in [6, 6.07) is 19.1. The number of benzene rings is 2. The molecular weight excluding hydrogens is 420 g/mol. The van der Waals surface area contributed by atoms with E-state index in [1.54, 1.807) is 21.9 Å². The van der Waals surface area contributed by atoms with Crippen molar-refractivity contribution in [1.29, 1.82) is 0 Å². The first-order valence-corrected chi connectivity index (χ1v) is 12.1. The highest BCUT2D eigenvalue weighted by Gasteiger charge is 2.48. The van der Waals surface area contributed by atoms with Crippen LogP contribution < -0.4 is 0 Å². The zero-order valence-corrected chi connectivity index (χ0v) is 18.2. The summed E-state index contributed by atoms with van der Waals surface area (Å²) in [5.74, 6) is -0.173. The Labute approximate surface area is 184 Å². The maximum absolute atomic E-state index is 13.6. The van der Waals surface area contributed by atoms with Crippen molar-refractivity contribution in [1.82, 2.24) is 9.80 Å². The first-order chi connectivity index (χ1) is 14.7. The van der Waals surface area contributed by atoms with E-state index in [0.717, 1.165) is 4.90 Å². The normalized spacial score (nSPS) is 22.0. The second-order valence-electron chi connectivity index (χ2n) is 7.08. The van der Waals surface area contributed by atoms with Crippen LogP contribution >= 0.6 is 21.6 Å². The van der Waals surface area contributed by atoms with Gasteiger partial charge < -0.3 is 19.3 Å². The molecule has 158 valence electrons. The Balaban J connectivity index is 1.57. The molecule has 0 N–H and O–H groups in total. The number of hydrogen-bond donors (Lipinski definition) is 0. The lowest BCUT2D eigenvalue weighted by atomic mass is 10.1. The number of ether oxygens (including phenoxy) is 2. The van der Waals surface area contributed by atoms with Crippen molar-refractivity contribution in [3.63, 3.8) is 0 Å². The Morgan fingerprint density at radius 2 is 1.47 bits per heavy atom. The molecule has 1 atom stereocenters. The number of morpholine rings is 2. The quantitative estimate of drug-likeness (QED) is 0.661. The van der Waals surface area contributed by atoms with Gasteiger partial charge in [0.25, 0.3) is 11.8 Å². The number of hydrogen-bond acceptors (Lipinski definition) is 6. The van der Waals surface area contributed by atoms with Gasteiger partial charge >= 0.3 is 0 Å². The minimum Gasteiger partial charge on any atom is -0.378 e. The monoisotopic (exact) mass is 444 g/mol. The average Bonchev–Trinajstić information content (AvgIpc) is 2.84. The fraction of sp³-hybridized carbons (Fsp3) is 0.364. The van der Waals surface area contributed by atoms with E-state index in [2.05, 4.69) is 0 Å². The van der Waals surface area contributed by atoms with Gasteiger partial charge in [-0.3, -0.25) is 9.59 Å². The van der Waals surface area contributed by atoms with Gasteiger partial charge in [0.15, 0.2) is 0 Å². The summed E-state index contributed by atoms with van der Waals surface area (Å²) in [4.78, 5) is 30.0. The summed E-state index contributed by atoms with van der Waals surface area (Å²) in [7, 11) is 2.89. The molecule has 2 aromatic carbocycles. The molecule has 0 saturated carbocycles. The van der Waals surface area contributed by atoms with Crippen LogP contribution in [0.4, 0.5) is 0 Å². The van der Waals surface area contributed by atoms with Crippen LogP contribution in [-0.2, 0) is 14.3 Å². The third-order valence-corrected chi connectivity index (χ3v) is 7.92. The highest BCUT2D eigenvalue weighted by atomic mass is 33.1. The fourth-order valence-corrected chi connectivity index (χ4v) is 6.03. The molecule has 30 heavy (non-hydrogen) atoms. The van der Waals surface area contributed by atoms with Crippen molar-refractivity contribution >= 4 is 33.4 Å². The Morgan fingerprint density at radius 1 is 0.833 bits per heavy atom. The highest BCUT2D eigenvalue weighted by Crippen LogP contribution is 2.44. The van der Waals surface area contributed by atoms with Crippen LogP contribution in [0.25, 0.3) is 0 Å². The van der Waals surface area contributed by atoms with E-state index in [9.17, 15) is 9.59 Å². The Hall–Kier alpha value is -2.00. The molecule has 6 nitrogen and oxygen atoms in total. The van der Waals surface area contributed by atoms with E-state index in [1.165, 1.54) is 21.6 Å². The van der Waals surface area contributed by atoms with Crippen molar-refractivity contribution < 1.29 is 19.1 Å². The van der Waals surface area contributed by atoms with Crippen LogP contribution in [0.5, 0.6) is 0 Å². The standard InChI is InChI=1S/C22H24N2O4S2/c25-20(18-7-3-1-4-8-18)24-13-16-28-22(17-24,21(26)23-11-14-27-15-12-23)30-29-19-9-5-2-6-10-19/h1-10H,11-17H2. The van der Waals surface area contributed by atoms with Crippen molar-refractivity contribution in [2.24, 2.45) is 0 Å². The molecule has 0 radical (unpaired) electrons. The maximum Gasteiger partial charge on any atom is 0.268 e. The van der Waals surface area contributed by atoms with E-state index in [4.69, 9.17) is 9.47 Å². The van der Waals surface area contributed by atoms with Gasteiger partial charge in [-0.15, -0.1) is 0 Å². The van der Waals surface area contributed by atoms with Gasteiger partial charge in [0, 0.05) is 30.1 Å². The molecule has 0 bridgehead atoms. The Kier molecular flexibility index (Phi) is 6.99. The molecule has 8 heteroatoms. The summed E-state index contributed by atoms with van der Waals surface area (Å²) < 4.78 is 11.5. The second-order valence-corrected chi connectivity index (χ2v) is 9.54. The van der Waals surface area contributed by atoms with Crippen LogP contribution in [0.1, 0.15) is 10.4 Å². The number of carbonyl (C=O) groups is 2. The van der Waals surface area contributed by atoms with Crippen molar-refractivity contribution in [3.05, 3.63) is 66.2 Å². The number of amides is 2. The van der Waals surface area contributed by atoms with E-state index in [-0.39, 0.29) is 18.4 Å². The van der Waals surface area contributed by atoms with E-state index < -0.39 is 4.93 Å². The Morgan fingerprint density at radius 3 is 2.17 bits per heavy atom. The minimum atomic E-state index is -1.15. The average molecular weight is 445 g/mol. The molecule has 4 rings (SSSR count). The summed E-state index contributed by atoms with van der Waals surface area (Å²) in [5, 5.41) is 0. The largest absolute Gasteiger partial charge is 0.378 e. The van der Waals surface area contributed by atoms with Gasteiger partial charge in [0.2, 0.25) is 4.93 Å². The molecule has 2 heterocycles. The summed E-state index contributed by atoms with van der Waals surface area (Å²) in [5.41, 5.74) is 0.618. The maximum atomic E-state index is 13.6. The molecule has 2 aromatic rings. The van der Waals surface area contributed by atoms with Crippen LogP contribution in [0.2, 0.25) is 0 Å². The summed E-state index contributed by atoms with van der Waals surface area (Å²) in [6.07, 6.45) is 0. The lowest BCUT2D eigenvalue weighted by molar-refractivity contribution is -0.156. The van der Waals surface area contributed by atoms with Gasteiger partial charge in [-0.25, -0.2) is 0 Å². The number of carbonyl (C=O) groups excluding carboxylic acids is 2. The molecule has 2 amide bonds. The van der Waals surface area contributed by atoms with E-state index >= 15 is 0 Å². The fourth-order valence-electron chi connectivity index (χ4n) is 3.45. The molecule has 2 aliphatic heterocycles. The smallest absolute Gasteiger partial charge is 0.268 e. The SMILES string of the molecule is O=C(c1ccccc1)N1CCOC(SSc2ccccc2)(C(=O)N2CCOCC2)C1. The van der Waals surface area contributed by atoms with Crippen LogP contribution in [0.3, 0.4) is 0 Å². The van der Waals surface area contributed by atoms with E-state index in [1.807, 2.05) is 48.5 Å². The second kappa shape index (κ2) is 9.87. The third kappa shape index (κ3) is 4.83. The molecule has 0 aromatic heterocycles. The number of nitrogens with zero attached hydrogens (tertiary/aromatic N) is 2. The highest BCUT2D eigenvalue weighted by molar-refractivity contribution is 8.77. The van der Waals surface area contributed by atoms with Gasteiger partial charge in [-0.2, -0.15) is 0 Å². The molecule has 0 aliphatic carbocycles. The molecule has 2 aliphatic rings. The van der Waals surface area contributed by atoms with Gasteiger partial charge in [-0.1, -0.05) is 47.2 Å². The van der Waals surface area contributed by atoms with Crippen molar-refractivity contribution in [2.45, 2.75) is 9.83 Å². The van der Waals surface area contributed by atoms with Gasteiger partial charge in [0.1, 0.15) is 0 Å². The molecule has 2 fully saturated rings. The summed E-state index contributed by atoms with van der Waals surface area (Å²) >= 11 is 0. The molecule has 0 spiro atoms. The van der Waals surface area contributed by atoms with Crippen LogP contribution in [-0.4, -0.2) is 72.5 Å². The molecule has 1 unspecified atom stereocenters. The number of rotatable bonds is 5. The minimum absolute atomic E-state index is 0.0802. The zero-order valence-electron chi connectivity index (χ0n) is 16.6. The van der Waals surface area contributed by atoms with Crippen molar-refractivity contribution in [2.75, 3.05) is 46.0 Å². The zero-order chi connectivity index (χ0) is 20.8. The van der Waals surface area contributed by atoms with Gasteiger partial charge in [-0.05, 0) is 35.1 Å². The third-order valence-electron chi connectivity index (χ3n) is 5.04. The predicted molar refractivity (Wildman–Crippen MR) is 118 cm³/mol. The van der Waals surface area contributed by atoms with Gasteiger partial charge in [0.05, 0.1) is 26.4 Å². The Bertz CT molecular complexity index is 862. The molecule has 2 saturated heterocycles. The first-order valence-electron chi connectivity index (χ1n) is 9.94. The topological polar surface area (TPSA) is 59.1 Å². The predicted octanol–water partition coefficient (Wildman–Crippen LogP) is 3.15. The first kappa shape index (κ1) is 21.2. The lowest BCUT2D eigenvalue weighted by Crippen LogP contribution is -2.60. The molecular formula is C22H24N2O4S2. The van der Waals surface area contributed by atoms with E-state index in [0.29, 0.717) is 45.0 Å².